The molecule has 0 fully saturated rings. The van der Waals surface area contributed by atoms with Crippen LogP contribution in [0.4, 0.5) is 8.78 Å². The van der Waals surface area contributed by atoms with Gasteiger partial charge in [-0.3, -0.25) is 4.99 Å². The molecule has 0 aliphatic rings. The van der Waals surface area contributed by atoms with Crippen molar-refractivity contribution in [3.05, 3.63) is 83.9 Å². The van der Waals surface area contributed by atoms with Gasteiger partial charge in [-0.05, 0) is 35.7 Å². The van der Waals surface area contributed by atoms with Gasteiger partial charge in [0.25, 0.3) is 0 Å². The average molecular weight is 369 g/mol. The minimum Gasteiger partial charge on any atom is -0.356 e. The minimum absolute atomic E-state index is 0.212. The first kappa shape index (κ1) is 18.6. The first-order valence-corrected chi connectivity index (χ1v) is 8.62. The molecule has 27 heavy (non-hydrogen) atoms. The van der Waals surface area contributed by atoms with E-state index in [0.717, 1.165) is 5.56 Å². The smallest absolute Gasteiger partial charge is 0.191 e. The van der Waals surface area contributed by atoms with Gasteiger partial charge in [-0.1, -0.05) is 24.3 Å². The Kier molecular flexibility index (Phi) is 6.14. The zero-order valence-electron chi connectivity index (χ0n) is 15.0. The molecule has 0 spiro atoms. The van der Waals surface area contributed by atoms with Gasteiger partial charge in [0.1, 0.15) is 11.6 Å². The average Bonchev–Trinajstić information content (AvgIpc) is 3.20. The number of rotatable bonds is 6. The van der Waals surface area contributed by atoms with E-state index in [-0.39, 0.29) is 11.6 Å². The summed E-state index contributed by atoms with van der Waals surface area (Å²) in [4.78, 5) is 8.06. The maximum Gasteiger partial charge on any atom is 0.191 e. The standard InChI is InChI=1S/C20H21F2N5/c1-23-20(25-9-8-16-4-2-3-5-17(16)21)26-13-15-6-7-19(18(22)12-15)27-11-10-24-14-27/h2-7,10-12,14H,8-9,13H2,1H3,(H2,23,25,26). The highest BCUT2D eigenvalue weighted by atomic mass is 19.1. The number of nitrogens with zero attached hydrogens (tertiary/aromatic N) is 3. The van der Waals surface area contributed by atoms with E-state index in [1.165, 1.54) is 12.1 Å². The fourth-order valence-corrected chi connectivity index (χ4v) is 2.69. The highest BCUT2D eigenvalue weighted by Crippen LogP contribution is 2.14. The van der Waals surface area contributed by atoms with E-state index in [9.17, 15) is 8.78 Å². The van der Waals surface area contributed by atoms with Crippen molar-refractivity contribution >= 4 is 5.96 Å². The second kappa shape index (κ2) is 8.93. The van der Waals surface area contributed by atoms with Crippen LogP contribution in [0.1, 0.15) is 11.1 Å². The van der Waals surface area contributed by atoms with Crippen molar-refractivity contribution in [1.82, 2.24) is 20.2 Å². The van der Waals surface area contributed by atoms with Crippen molar-refractivity contribution in [2.45, 2.75) is 13.0 Å². The van der Waals surface area contributed by atoms with Crippen LogP contribution >= 0.6 is 0 Å². The summed E-state index contributed by atoms with van der Waals surface area (Å²) >= 11 is 0. The van der Waals surface area contributed by atoms with Gasteiger partial charge >= 0.3 is 0 Å². The Balaban J connectivity index is 1.52. The molecule has 0 amide bonds. The van der Waals surface area contributed by atoms with Gasteiger partial charge in [0.2, 0.25) is 0 Å². The predicted molar refractivity (Wildman–Crippen MR) is 102 cm³/mol. The predicted octanol–water partition coefficient (Wildman–Crippen LogP) is 3.06. The molecule has 7 heteroatoms. The van der Waals surface area contributed by atoms with E-state index in [0.29, 0.717) is 36.7 Å². The number of halogens is 2. The molecule has 2 N–H and O–H groups in total. The van der Waals surface area contributed by atoms with Crippen LogP contribution < -0.4 is 10.6 Å². The Hall–Kier alpha value is -3.22. The van der Waals surface area contributed by atoms with Gasteiger partial charge in [0, 0.05) is 32.5 Å². The number of benzene rings is 2. The maximum absolute atomic E-state index is 14.3. The zero-order valence-corrected chi connectivity index (χ0v) is 15.0. The van der Waals surface area contributed by atoms with Crippen molar-refractivity contribution in [1.29, 1.82) is 0 Å². The fraction of sp³-hybridized carbons (Fsp3) is 0.200. The number of hydrogen-bond acceptors (Lipinski definition) is 2. The molecule has 0 unspecified atom stereocenters. The highest BCUT2D eigenvalue weighted by Gasteiger charge is 2.06. The summed E-state index contributed by atoms with van der Waals surface area (Å²) in [6, 6.07) is 11.7. The number of aromatic nitrogens is 2. The maximum atomic E-state index is 14.3. The van der Waals surface area contributed by atoms with E-state index in [1.54, 1.807) is 48.5 Å². The summed E-state index contributed by atoms with van der Waals surface area (Å²) in [5.41, 5.74) is 1.88. The van der Waals surface area contributed by atoms with Gasteiger partial charge in [-0.2, -0.15) is 0 Å². The molecule has 0 aliphatic heterocycles. The molecule has 0 saturated heterocycles. The summed E-state index contributed by atoms with van der Waals surface area (Å²) < 4.78 is 29.5. The van der Waals surface area contributed by atoms with Gasteiger partial charge in [-0.25, -0.2) is 13.8 Å². The lowest BCUT2D eigenvalue weighted by atomic mass is 10.1. The van der Waals surface area contributed by atoms with E-state index in [4.69, 9.17) is 0 Å². The third kappa shape index (κ3) is 4.91. The van der Waals surface area contributed by atoms with Crippen LogP contribution in [0.3, 0.4) is 0 Å². The lowest BCUT2D eigenvalue weighted by Gasteiger charge is -2.13. The van der Waals surface area contributed by atoms with Gasteiger partial charge in [0.15, 0.2) is 5.96 Å². The molecule has 0 radical (unpaired) electrons. The molecule has 3 rings (SSSR count). The van der Waals surface area contributed by atoms with Crippen LogP contribution in [0.15, 0.2) is 66.2 Å². The lowest BCUT2D eigenvalue weighted by molar-refractivity contribution is 0.606. The molecule has 1 aromatic heterocycles. The third-order valence-corrected chi connectivity index (χ3v) is 4.12. The van der Waals surface area contributed by atoms with Crippen LogP contribution in [-0.4, -0.2) is 29.1 Å². The number of guanidine groups is 1. The van der Waals surface area contributed by atoms with Crippen LogP contribution in [0, 0.1) is 11.6 Å². The SMILES string of the molecule is CN=C(NCCc1ccccc1F)NCc1ccc(-n2ccnc2)c(F)c1. The van der Waals surface area contributed by atoms with Crippen LogP contribution in [0.5, 0.6) is 0 Å². The van der Waals surface area contributed by atoms with Gasteiger partial charge in [0.05, 0.1) is 12.0 Å². The van der Waals surface area contributed by atoms with E-state index >= 15 is 0 Å². The number of hydrogen-bond donors (Lipinski definition) is 2. The summed E-state index contributed by atoms with van der Waals surface area (Å²) in [5, 5.41) is 6.26. The summed E-state index contributed by atoms with van der Waals surface area (Å²) in [5.74, 6) is 0.0379. The molecule has 0 atom stereocenters. The van der Waals surface area contributed by atoms with Crippen molar-refractivity contribution < 1.29 is 8.78 Å². The molecule has 3 aromatic rings. The van der Waals surface area contributed by atoms with Crippen molar-refractivity contribution in [3.8, 4) is 5.69 Å². The Morgan fingerprint density at radius 2 is 1.96 bits per heavy atom. The normalized spacial score (nSPS) is 11.4. The molecule has 5 nitrogen and oxygen atoms in total. The number of nitrogens with one attached hydrogen (secondary N) is 2. The molecule has 1 heterocycles. The number of imidazole rings is 1. The van der Waals surface area contributed by atoms with E-state index in [2.05, 4.69) is 20.6 Å². The van der Waals surface area contributed by atoms with Crippen molar-refractivity contribution in [2.75, 3.05) is 13.6 Å². The third-order valence-electron chi connectivity index (χ3n) is 4.12. The largest absolute Gasteiger partial charge is 0.356 e. The fourth-order valence-electron chi connectivity index (χ4n) is 2.69. The molecule has 0 saturated carbocycles. The van der Waals surface area contributed by atoms with Crippen LogP contribution in [0.2, 0.25) is 0 Å². The second-order valence-electron chi connectivity index (χ2n) is 5.95. The first-order chi connectivity index (χ1) is 13.2. The summed E-state index contributed by atoms with van der Waals surface area (Å²) in [6.07, 6.45) is 5.39. The van der Waals surface area contributed by atoms with Crippen molar-refractivity contribution in [2.24, 2.45) is 4.99 Å². The van der Waals surface area contributed by atoms with Crippen molar-refractivity contribution in [3.63, 3.8) is 0 Å². The van der Waals surface area contributed by atoms with Gasteiger partial charge in [-0.15, -0.1) is 0 Å². The molecule has 2 aromatic carbocycles. The Labute approximate surface area is 156 Å². The monoisotopic (exact) mass is 369 g/mol. The Morgan fingerprint density at radius 1 is 1.11 bits per heavy atom. The van der Waals surface area contributed by atoms with E-state index in [1.807, 2.05) is 12.1 Å². The zero-order chi connectivity index (χ0) is 19.1. The van der Waals surface area contributed by atoms with Crippen LogP contribution in [0.25, 0.3) is 5.69 Å². The second-order valence-corrected chi connectivity index (χ2v) is 5.95. The molecule has 0 bridgehead atoms. The highest BCUT2D eigenvalue weighted by molar-refractivity contribution is 5.79. The van der Waals surface area contributed by atoms with Crippen LogP contribution in [-0.2, 0) is 13.0 Å². The molecule has 0 aliphatic carbocycles. The lowest BCUT2D eigenvalue weighted by Crippen LogP contribution is -2.37. The molecule has 140 valence electrons. The Morgan fingerprint density at radius 3 is 2.67 bits per heavy atom. The Bertz CT molecular complexity index is 906. The molecular formula is C20H21F2N5. The topological polar surface area (TPSA) is 54.2 Å². The number of aliphatic imine (C=N–C) groups is 1. The van der Waals surface area contributed by atoms with Gasteiger partial charge < -0.3 is 15.2 Å². The summed E-state index contributed by atoms with van der Waals surface area (Å²) in [6.45, 7) is 0.953. The first-order valence-electron chi connectivity index (χ1n) is 8.62. The quantitative estimate of drug-likeness (QED) is 0.519. The minimum atomic E-state index is -0.324. The van der Waals surface area contributed by atoms with E-state index < -0.39 is 0 Å². The summed E-state index contributed by atoms with van der Waals surface area (Å²) in [7, 11) is 1.65. The molecular weight excluding hydrogens is 348 g/mol.